The maximum absolute atomic E-state index is 13.3. The molecule has 0 spiro atoms. The maximum atomic E-state index is 13.3. The highest BCUT2D eigenvalue weighted by atomic mass is 35.5. The summed E-state index contributed by atoms with van der Waals surface area (Å²) in [5.41, 5.74) is 5.05. The van der Waals surface area contributed by atoms with Gasteiger partial charge in [0, 0.05) is 28.2 Å². The lowest BCUT2D eigenvalue weighted by atomic mass is 9.75. The van der Waals surface area contributed by atoms with Crippen molar-refractivity contribution in [3.05, 3.63) is 85.9 Å². The number of pyridine rings is 1. The summed E-state index contributed by atoms with van der Waals surface area (Å²) < 4.78 is 18.8. The molecule has 9 heteroatoms. The minimum Gasteiger partial charge on any atom is -0.460 e. The van der Waals surface area contributed by atoms with Crippen LogP contribution in [0.25, 0.3) is 22.2 Å². The highest BCUT2D eigenvalue weighted by Gasteiger charge is 2.52. The van der Waals surface area contributed by atoms with E-state index < -0.39 is 18.3 Å². The first-order chi connectivity index (χ1) is 20.1. The summed E-state index contributed by atoms with van der Waals surface area (Å²) in [6.45, 7) is 17.7. The van der Waals surface area contributed by atoms with Crippen LogP contribution in [0.4, 0.5) is 5.69 Å². The second-order valence-electron chi connectivity index (χ2n) is 12.8. The van der Waals surface area contributed by atoms with Crippen molar-refractivity contribution in [3.8, 4) is 11.3 Å². The normalized spacial score (nSPS) is 16.6. The average Bonchev–Trinajstić information content (AvgIpc) is 3.16. The van der Waals surface area contributed by atoms with E-state index in [0.717, 1.165) is 17.4 Å². The smallest absolute Gasteiger partial charge is 0.460 e. The van der Waals surface area contributed by atoms with Gasteiger partial charge in [-0.25, -0.2) is 4.98 Å². The lowest BCUT2D eigenvalue weighted by molar-refractivity contribution is 0.00578. The number of nitrogens with one attached hydrogen (secondary N) is 1. The van der Waals surface area contributed by atoms with Gasteiger partial charge in [-0.15, -0.1) is 0 Å². The molecule has 0 saturated carbocycles. The van der Waals surface area contributed by atoms with Crippen LogP contribution in [-0.2, 0) is 9.31 Å². The molecule has 1 atom stereocenters. The van der Waals surface area contributed by atoms with E-state index >= 15 is 0 Å². The zero-order chi connectivity index (χ0) is 31.4. The number of rotatable bonds is 7. The summed E-state index contributed by atoms with van der Waals surface area (Å²) in [6.07, 6.45) is 0.805. The topological polar surface area (TPSA) is 90.7 Å². The molecule has 2 aromatic heterocycles. The molecule has 224 valence electrons. The molecule has 43 heavy (non-hydrogen) atoms. The van der Waals surface area contributed by atoms with Crippen LogP contribution in [0.2, 0.25) is 5.15 Å². The number of hydrogen-bond donors (Lipinski definition) is 1. The summed E-state index contributed by atoms with van der Waals surface area (Å²) >= 11 is 6.37. The Hall–Kier alpha value is -3.46. The molecule has 0 radical (unpaired) electrons. The maximum Gasteiger partial charge on any atom is 0.495 e. The van der Waals surface area contributed by atoms with E-state index in [-0.39, 0.29) is 17.4 Å². The van der Waals surface area contributed by atoms with Crippen molar-refractivity contribution >= 4 is 47.1 Å². The van der Waals surface area contributed by atoms with Crippen LogP contribution in [0, 0.1) is 13.8 Å². The minimum atomic E-state index is -0.673. The highest BCUT2D eigenvalue weighted by Crippen LogP contribution is 2.38. The molecule has 0 aliphatic carbocycles. The van der Waals surface area contributed by atoms with E-state index in [9.17, 15) is 9.59 Å². The number of aryl methyl sites for hydroxylation is 1. The fourth-order valence-electron chi connectivity index (χ4n) is 5.55. The summed E-state index contributed by atoms with van der Waals surface area (Å²) in [6, 6.07) is 12.7. The Labute approximate surface area is 258 Å². The van der Waals surface area contributed by atoms with Gasteiger partial charge in [0.1, 0.15) is 22.8 Å². The van der Waals surface area contributed by atoms with Crippen LogP contribution in [0.15, 0.2) is 51.7 Å². The Bertz CT molecular complexity index is 1780. The third-order valence-electron chi connectivity index (χ3n) is 8.65. The van der Waals surface area contributed by atoms with Gasteiger partial charge in [0.05, 0.1) is 34.0 Å². The van der Waals surface area contributed by atoms with Crippen molar-refractivity contribution in [2.75, 3.05) is 5.32 Å². The van der Waals surface area contributed by atoms with Crippen LogP contribution in [-0.4, -0.2) is 29.6 Å². The molecule has 7 nitrogen and oxygen atoms in total. The first kappa shape index (κ1) is 31.0. The van der Waals surface area contributed by atoms with Crippen molar-refractivity contribution in [1.29, 1.82) is 0 Å². The Balaban J connectivity index is 1.55. The van der Waals surface area contributed by atoms with Gasteiger partial charge in [0.15, 0.2) is 5.43 Å². The average molecular weight is 601 g/mol. The first-order valence-electron chi connectivity index (χ1n) is 14.6. The van der Waals surface area contributed by atoms with Gasteiger partial charge in [0.25, 0.3) is 0 Å². The van der Waals surface area contributed by atoms with E-state index in [1.54, 1.807) is 12.1 Å². The molecule has 1 saturated heterocycles. The summed E-state index contributed by atoms with van der Waals surface area (Å²) in [7, 11) is -0.673. The number of benzene rings is 2. The number of anilines is 1. The minimum absolute atomic E-state index is 0.0144. The Kier molecular flexibility index (Phi) is 8.10. The molecule has 2 aromatic carbocycles. The SMILES string of the molecule is Cc1cc(C(C)Nc2ccc(Cl)nc2-c2ccc(B3OC(C)(C)C(C)(C)O3)c(C=O)c2)c2oc(C(C)C)c(C)c(=O)c2c1. The third kappa shape index (κ3) is 5.64. The number of hydrogen-bond acceptors (Lipinski definition) is 7. The van der Waals surface area contributed by atoms with Crippen LogP contribution in [0.5, 0.6) is 0 Å². The predicted octanol–water partition coefficient (Wildman–Crippen LogP) is 7.53. The molecule has 4 aromatic rings. The van der Waals surface area contributed by atoms with E-state index in [1.807, 2.05) is 92.6 Å². The summed E-state index contributed by atoms with van der Waals surface area (Å²) in [5, 5.41) is 4.45. The standard InChI is InChI=1S/C34H38BClN2O5/c1-18(2)31-20(4)30(40)25-15-19(3)14-24(32(25)41-31)21(5)37-27-12-13-28(36)38-29(27)22-10-11-26(23(16-22)17-39)35-42-33(6,7)34(8,9)43-35/h10-18,21,37H,1-9H3. The first-order valence-corrected chi connectivity index (χ1v) is 15.0. The van der Waals surface area contributed by atoms with Crippen LogP contribution in [0.3, 0.4) is 0 Å². The number of nitrogens with zero attached hydrogens (tertiary/aromatic N) is 1. The van der Waals surface area contributed by atoms with Gasteiger partial charge < -0.3 is 19.0 Å². The molecule has 3 heterocycles. The zero-order valence-electron chi connectivity index (χ0n) is 26.2. The van der Waals surface area contributed by atoms with Crippen LogP contribution < -0.4 is 16.2 Å². The molecule has 1 unspecified atom stereocenters. The summed E-state index contributed by atoms with van der Waals surface area (Å²) in [5.74, 6) is 0.751. The molecule has 1 aliphatic rings. The second-order valence-corrected chi connectivity index (χ2v) is 13.1. The lowest BCUT2D eigenvalue weighted by Crippen LogP contribution is -2.41. The van der Waals surface area contributed by atoms with E-state index in [2.05, 4.69) is 10.3 Å². The number of fused-ring (bicyclic) bond motifs is 1. The molecule has 0 bridgehead atoms. The predicted molar refractivity (Wildman–Crippen MR) is 174 cm³/mol. The fraction of sp³-hybridized carbons (Fsp3) is 0.382. The van der Waals surface area contributed by atoms with Gasteiger partial charge >= 0.3 is 7.12 Å². The number of carbonyl (C=O) groups excluding carboxylic acids is 1. The number of halogens is 1. The fourth-order valence-corrected chi connectivity index (χ4v) is 5.70. The molecular weight excluding hydrogens is 563 g/mol. The van der Waals surface area contributed by atoms with Crippen LogP contribution >= 0.6 is 11.6 Å². The quantitative estimate of drug-likeness (QED) is 0.133. The van der Waals surface area contributed by atoms with Crippen LogP contribution in [0.1, 0.15) is 93.2 Å². The monoisotopic (exact) mass is 600 g/mol. The van der Waals surface area contributed by atoms with Crippen molar-refractivity contribution in [3.63, 3.8) is 0 Å². The van der Waals surface area contributed by atoms with Crippen molar-refractivity contribution in [2.45, 2.75) is 85.5 Å². The lowest BCUT2D eigenvalue weighted by Gasteiger charge is -2.32. The van der Waals surface area contributed by atoms with Gasteiger partial charge in [-0.05, 0) is 83.8 Å². The number of aromatic nitrogens is 1. The van der Waals surface area contributed by atoms with E-state index in [4.69, 9.17) is 25.3 Å². The number of aldehydes is 1. The molecule has 0 amide bonds. The van der Waals surface area contributed by atoms with Gasteiger partial charge in [-0.3, -0.25) is 9.59 Å². The Morgan fingerprint density at radius 2 is 1.65 bits per heavy atom. The summed E-state index contributed by atoms with van der Waals surface area (Å²) in [4.78, 5) is 30.2. The zero-order valence-corrected chi connectivity index (χ0v) is 27.0. The molecule has 1 N–H and O–H groups in total. The van der Waals surface area contributed by atoms with E-state index in [1.165, 1.54) is 0 Å². The van der Waals surface area contributed by atoms with Gasteiger partial charge in [-0.2, -0.15) is 0 Å². The third-order valence-corrected chi connectivity index (χ3v) is 8.86. The van der Waals surface area contributed by atoms with Crippen molar-refractivity contribution in [1.82, 2.24) is 4.98 Å². The highest BCUT2D eigenvalue weighted by molar-refractivity contribution is 6.63. The van der Waals surface area contributed by atoms with Crippen molar-refractivity contribution < 1.29 is 18.5 Å². The largest absolute Gasteiger partial charge is 0.495 e. The molecular formula is C34H38BClN2O5. The Morgan fingerprint density at radius 1 is 0.977 bits per heavy atom. The molecule has 1 aliphatic heterocycles. The van der Waals surface area contributed by atoms with Gasteiger partial charge in [-0.1, -0.05) is 43.6 Å². The number of carbonyl (C=O) groups is 1. The van der Waals surface area contributed by atoms with Crippen molar-refractivity contribution in [2.24, 2.45) is 0 Å². The van der Waals surface area contributed by atoms with Gasteiger partial charge in [0.2, 0.25) is 0 Å². The molecule has 5 rings (SSSR count). The molecule has 1 fully saturated rings. The second kappa shape index (κ2) is 11.2. The Morgan fingerprint density at radius 3 is 2.28 bits per heavy atom. The van der Waals surface area contributed by atoms with E-state index in [0.29, 0.717) is 55.4 Å².